The van der Waals surface area contributed by atoms with Crippen molar-refractivity contribution < 1.29 is 27.6 Å². The number of hydrogen-bond donors (Lipinski definition) is 2. The van der Waals surface area contributed by atoms with Crippen LogP contribution in [0.1, 0.15) is 24.0 Å². The lowest BCUT2D eigenvalue weighted by atomic mass is 9.91. The van der Waals surface area contributed by atoms with Crippen molar-refractivity contribution >= 4 is 17.5 Å². The standard InChI is InChI=1S/C21H20F3N3O3/c22-21(23,24)16-8-6-15(7-9-16)18-14-20(30-26-18)10-12-27(13-11-20)29-19(28)25-17-4-2-1-3-5-17/h1-9,14,26H,10-13H2,(H,25,28). The molecule has 2 heterocycles. The van der Waals surface area contributed by atoms with E-state index < -0.39 is 23.4 Å². The van der Waals surface area contributed by atoms with Crippen LogP contribution in [0.5, 0.6) is 0 Å². The molecular formula is C21H20F3N3O3. The van der Waals surface area contributed by atoms with Crippen LogP contribution in [0.2, 0.25) is 0 Å². The van der Waals surface area contributed by atoms with Crippen LogP contribution in [0, 0.1) is 0 Å². The van der Waals surface area contributed by atoms with Crippen LogP contribution >= 0.6 is 0 Å². The van der Waals surface area contributed by atoms with Gasteiger partial charge in [0, 0.05) is 18.8 Å². The van der Waals surface area contributed by atoms with Gasteiger partial charge in [-0.25, -0.2) is 4.79 Å². The molecule has 0 saturated carbocycles. The second-order valence-electron chi connectivity index (χ2n) is 7.20. The number of nitrogens with zero attached hydrogens (tertiary/aromatic N) is 1. The zero-order valence-electron chi connectivity index (χ0n) is 15.9. The number of nitrogens with one attached hydrogen (secondary N) is 2. The molecule has 0 radical (unpaired) electrons. The highest BCUT2D eigenvalue weighted by Crippen LogP contribution is 2.36. The first-order chi connectivity index (χ1) is 14.3. The van der Waals surface area contributed by atoms with Gasteiger partial charge in [-0.15, -0.1) is 5.06 Å². The van der Waals surface area contributed by atoms with Crippen LogP contribution in [0.15, 0.2) is 60.7 Å². The van der Waals surface area contributed by atoms with E-state index >= 15 is 0 Å². The van der Waals surface area contributed by atoms with Crippen LogP contribution in [-0.4, -0.2) is 29.8 Å². The maximum atomic E-state index is 12.7. The Bertz CT molecular complexity index is 922. The molecule has 0 atom stereocenters. The zero-order chi connectivity index (χ0) is 21.2. The van der Waals surface area contributed by atoms with Gasteiger partial charge in [0.25, 0.3) is 0 Å². The molecule has 0 aliphatic carbocycles. The van der Waals surface area contributed by atoms with Gasteiger partial charge >= 0.3 is 12.3 Å². The van der Waals surface area contributed by atoms with Crippen LogP contribution in [0.4, 0.5) is 23.7 Å². The van der Waals surface area contributed by atoms with E-state index in [9.17, 15) is 18.0 Å². The summed E-state index contributed by atoms with van der Waals surface area (Å²) in [7, 11) is 0. The number of rotatable bonds is 3. The first kappa shape index (κ1) is 20.2. The smallest absolute Gasteiger partial charge is 0.351 e. The molecule has 0 aromatic heterocycles. The van der Waals surface area contributed by atoms with Crippen molar-refractivity contribution in [2.75, 3.05) is 18.4 Å². The third kappa shape index (κ3) is 4.58. The van der Waals surface area contributed by atoms with Crippen molar-refractivity contribution in [1.82, 2.24) is 10.5 Å². The molecular weight excluding hydrogens is 399 g/mol. The molecule has 0 unspecified atom stereocenters. The maximum absolute atomic E-state index is 12.7. The molecule has 2 aromatic rings. The number of para-hydroxylation sites is 1. The van der Waals surface area contributed by atoms with Gasteiger partial charge in [-0.05, 0) is 48.7 Å². The van der Waals surface area contributed by atoms with E-state index in [1.807, 2.05) is 24.3 Å². The van der Waals surface area contributed by atoms with Crippen LogP contribution in [-0.2, 0) is 15.9 Å². The fourth-order valence-electron chi connectivity index (χ4n) is 3.44. The summed E-state index contributed by atoms with van der Waals surface area (Å²) in [6.45, 7) is 0.918. The summed E-state index contributed by atoms with van der Waals surface area (Å²) in [4.78, 5) is 23.1. The highest BCUT2D eigenvalue weighted by molar-refractivity contribution is 5.84. The number of hydrogen-bond acceptors (Lipinski definition) is 5. The summed E-state index contributed by atoms with van der Waals surface area (Å²) in [5, 5.41) is 4.22. The van der Waals surface area contributed by atoms with Gasteiger partial charge in [-0.2, -0.15) is 13.2 Å². The lowest BCUT2D eigenvalue weighted by Crippen LogP contribution is -2.45. The molecule has 2 aliphatic rings. The summed E-state index contributed by atoms with van der Waals surface area (Å²) >= 11 is 0. The average Bonchev–Trinajstić information content (AvgIpc) is 3.14. The Labute approximate surface area is 171 Å². The predicted octanol–water partition coefficient (Wildman–Crippen LogP) is 4.58. The molecule has 2 N–H and O–H groups in total. The Morgan fingerprint density at radius 3 is 2.37 bits per heavy atom. The average molecular weight is 419 g/mol. The molecule has 2 aromatic carbocycles. The van der Waals surface area contributed by atoms with Crippen molar-refractivity contribution in [2.24, 2.45) is 0 Å². The maximum Gasteiger partial charge on any atom is 0.430 e. The summed E-state index contributed by atoms with van der Waals surface area (Å²) < 4.78 is 38.2. The highest BCUT2D eigenvalue weighted by Gasteiger charge is 2.40. The highest BCUT2D eigenvalue weighted by atomic mass is 19.4. The molecule has 6 nitrogen and oxygen atoms in total. The number of carbonyl (C=O) groups excluding carboxylic acids is 1. The van der Waals surface area contributed by atoms with E-state index in [2.05, 4.69) is 10.8 Å². The van der Waals surface area contributed by atoms with Gasteiger partial charge in [-0.1, -0.05) is 30.3 Å². The second-order valence-corrected chi connectivity index (χ2v) is 7.20. The number of piperidine rings is 1. The molecule has 1 spiro atoms. The quantitative estimate of drug-likeness (QED) is 0.763. The largest absolute Gasteiger partial charge is 0.430 e. The van der Waals surface area contributed by atoms with E-state index in [-0.39, 0.29) is 0 Å². The van der Waals surface area contributed by atoms with E-state index in [0.29, 0.717) is 42.9 Å². The van der Waals surface area contributed by atoms with Crippen LogP contribution in [0.25, 0.3) is 5.70 Å². The molecule has 1 fully saturated rings. The van der Waals surface area contributed by atoms with E-state index in [4.69, 9.17) is 9.68 Å². The first-order valence-corrected chi connectivity index (χ1v) is 9.46. The van der Waals surface area contributed by atoms with Gasteiger partial charge in [0.1, 0.15) is 5.60 Å². The number of anilines is 1. The summed E-state index contributed by atoms with van der Waals surface area (Å²) in [6.07, 6.45) is -1.93. The molecule has 9 heteroatoms. The van der Waals surface area contributed by atoms with Crippen LogP contribution < -0.4 is 10.8 Å². The van der Waals surface area contributed by atoms with Crippen LogP contribution in [0.3, 0.4) is 0 Å². The fraction of sp³-hybridized carbons (Fsp3) is 0.286. The molecule has 1 saturated heterocycles. The van der Waals surface area contributed by atoms with Crippen molar-refractivity contribution in [3.05, 3.63) is 71.8 Å². The van der Waals surface area contributed by atoms with Crippen molar-refractivity contribution in [3.8, 4) is 0 Å². The molecule has 2 aliphatic heterocycles. The lowest BCUT2D eigenvalue weighted by molar-refractivity contribution is -0.153. The van der Waals surface area contributed by atoms with Gasteiger partial charge in [0.05, 0.1) is 11.3 Å². The number of amides is 1. The zero-order valence-corrected chi connectivity index (χ0v) is 15.9. The Kier molecular flexibility index (Phi) is 5.40. The number of carbonyl (C=O) groups is 1. The third-order valence-corrected chi connectivity index (χ3v) is 5.10. The van der Waals surface area contributed by atoms with Gasteiger partial charge in [-0.3, -0.25) is 15.6 Å². The first-order valence-electron chi connectivity index (χ1n) is 9.46. The monoisotopic (exact) mass is 419 g/mol. The van der Waals surface area contributed by atoms with Gasteiger partial charge in [0.15, 0.2) is 0 Å². The van der Waals surface area contributed by atoms with Crippen molar-refractivity contribution in [1.29, 1.82) is 0 Å². The third-order valence-electron chi connectivity index (χ3n) is 5.10. The molecule has 1 amide bonds. The molecule has 4 rings (SSSR count). The number of alkyl halides is 3. The summed E-state index contributed by atoms with van der Waals surface area (Å²) in [5.74, 6) is 0. The SMILES string of the molecule is O=C(Nc1ccccc1)ON1CCC2(C=C(c3ccc(C(F)(F)F)cc3)NO2)CC1. The predicted molar refractivity (Wildman–Crippen MR) is 104 cm³/mol. The number of halogens is 3. The summed E-state index contributed by atoms with van der Waals surface area (Å²) in [6, 6.07) is 13.9. The van der Waals surface area contributed by atoms with Crippen molar-refractivity contribution in [2.45, 2.75) is 24.6 Å². The Hall–Kier alpha value is -3.04. The number of benzene rings is 2. The molecule has 0 bridgehead atoms. The van der Waals surface area contributed by atoms with E-state index in [1.54, 1.807) is 17.2 Å². The lowest BCUT2D eigenvalue weighted by Gasteiger charge is -2.35. The molecule has 158 valence electrons. The molecule has 30 heavy (non-hydrogen) atoms. The Morgan fingerprint density at radius 1 is 1.07 bits per heavy atom. The topological polar surface area (TPSA) is 62.8 Å². The Balaban J connectivity index is 1.33. The normalized spacial score (nSPS) is 18.6. The summed E-state index contributed by atoms with van der Waals surface area (Å²) in [5.41, 5.74) is 3.42. The second kappa shape index (κ2) is 8.00. The minimum absolute atomic E-state index is 0.459. The fourth-order valence-corrected chi connectivity index (χ4v) is 3.44. The van der Waals surface area contributed by atoms with E-state index in [1.165, 1.54) is 12.1 Å². The van der Waals surface area contributed by atoms with Gasteiger partial charge < -0.3 is 4.84 Å². The van der Waals surface area contributed by atoms with Crippen molar-refractivity contribution in [3.63, 3.8) is 0 Å². The number of hydroxylamine groups is 3. The van der Waals surface area contributed by atoms with E-state index in [0.717, 1.165) is 12.1 Å². The minimum Gasteiger partial charge on any atom is -0.351 e. The Morgan fingerprint density at radius 2 is 1.73 bits per heavy atom. The minimum atomic E-state index is -4.37. The van der Waals surface area contributed by atoms with Gasteiger partial charge in [0.2, 0.25) is 0 Å².